The lowest BCUT2D eigenvalue weighted by Gasteiger charge is -1.72. The standard InChI is InChI=1S/C5H5O/c1-3-5-6-4-2/h4H,1-2H2. The van der Waals surface area contributed by atoms with Crippen LogP contribution in [0, 0.1) is 19.0 Å². The van der Waals surface area contributed by atoms with Crippen LogP contribution >= 0.6 is 0 Å². The molecular weight excluding hydrogens is 76.1 g/mol. The van der Waals surface area contributed by atoms with Crippen molar-refractivity contribution >= 4 is 0 Å². The molecule has 0 atom stereocenters. The molecule has 31 valence electrons. The van der Waals surface area contributed by atoms with Crippen LogP contribution in [-0.4, -0.2) is 0 Å². The van der Waals surface area contributed by atoms with Crippen molar-refractivity contribution in [2.75, 3.05) is 0 Å². The fourth-order valence-corrected chi connectivity index (χ4v) is 0.0833. The molecular formula is C5H5O. The summed E-state index contributed by atoms with van der Waals surface area (Å²) in [4.78, 5) is 0. The molecule has 6 heavy (non-hydrogen) atoms. The van der Waals surface area contributed by atoms with Crippen LogP contribution in [0.15, 0.2) is 12.8 Å². The van der Waals surface area contributed by atoms with E-state index in [2.05, 4.69) is 30.3 Å². The average molecular weight is 81.1 g/mol. The van der Waals surface area contributed by atoms with Crippen molar-refractivity contribution in [2.24, 2.45) is 0 Å². The second kappa shape index (κ2) is 4.10. The molecule has 0 bridgehead atoms. The summed E-state index contributed by atoms with van der Waals surface area (Å²) in [6.45, 7) is 6.44. The first-order valence-electron chi connectivity index (χ1n) is 1.45. The van der Waals surface area contributed by atoms with E-state index in [1.54, 1.807) is 0 Å². The van der Waals surface area contributed by atoms with Crippen LogP contribution < -0.4 is 0 Å². The quantitative estimate of drug-likeness (QED) is 0.337. The maximum absolute atomic E-state index is 4.32. The summed E-state index contributed by atoms with van der Waals surface area (Å²) < 4.78 is 4.32. The number of hydrogen-bond acceptors (Lipinski definition) is 1. The summed E-state index contributed by atoms with van der Waals surface area (Å²) in [6.07, 6.45) is 3.47. The first kappa shape index (κ1) is 5.10. The van der Waals surface area contributed by atoms with Gasteiger partial charge in [-0.25, -0.2) is 0 Å². The largest absolute Gasteiger partial charge is 0.416 e. The van der Waals surface area contributed by atoms with E-state index in [4.69, 9.17) is 0 Å². The van der Waals surface area contributed by atoms with Gasteiger partial charge in [0.15, 0.2) is 0 Å². The lowest BCUT2D eigenvalue weighted by atomic mass is 10.8. The molecule has 0 spiro atoms. The zero-order valence-electron chi connectivity index (χ0n) is 3.40. The molecule has 0 aliphatic carbocycles. The minimum absolute atomic E-state index is 1.25. The second-order valence-corrected chi connectivity index (χ2v) is 0.563. The summed E-state index contributed by atoms with van der Waals surface area (Å²) in [5.74, 6) is 2.28. The van der Waals surface area contributed by atoms with E-state index in [1.165, 1.54) is 6.26 Å². The molecule has 0 amide bonds. The minimum atomic E-state index is 1.25. The van der Waals surface area contributed by atoms with E-state index in [-0.39, 0.29) is 0 Å². The average Bonchev–Trinajstić information content (AvgIpc) is 1.61. The Hall–Kier alpha value is -0.900. The fourth-order valence-electron chi connectivity index (χ4n) is 0.0833. The summed E-state index contributed by atoms with van der Waals surface area (Å²) in [5.41, 5.74) is 0. The summed E-state index contributed by atoms with van der Waals surface area (Å²) >= 11 is 0. The van der Waals surface area contributed by atoms with Crippen LogP contribution in [0.2, 0.25) is 0 Å². The Labute approximate surface area is 37.6 Å². The van der Waals surface area contributed by atoms with Gasteiger partial charge in [0.1, 0.15) is 6.11 Å². The molecule has 0 saturated heterocycles. The Kier molecular flexibility index (Phi) is 3.48. The molecule has 0 fully saturated rings. The molecule has 1 radical (unpaired) electrons. The monoisotopic (exact) mass is 81.0 g/mol. The minimum Gasteiger partial charge on any atom is -0.416 e. The van der Waals surface area contributed by atoms with Crippen LogP contribution in [0.4, 0.5) is 0 Å². The van der Waals surface area contributed by atoms with Crippen molar-refractivity contribution in [3.05, 3.63) is 19.8 Å². The molecule has 0 rings (SSSR count). The third-order valence-corrected chi connectivity index (χ3v) is 0.214. The highest BCUT2D eigenvalue weighted by Crippen LogP contribution is 1.62. The zero-order chi connectivity index (χ0) is 4.83. The lowest BCUT2D eigenvalue weighted by Crippen LogP contribution is -1.57. The van der Waals surface area contributed by atoms with Gasteiger partial charge in [0.05, 0.1) is 6.26 Å². The molecule has 0 unspecified atom stereocenters. The SMILES string of the molecule is [CH2]C#COC=C. The first-order chi connectivity index (χ1) is 2.91. The highest BCUT2D eigenvalue weighted by Gasteiger charge is 1.50. The van der Waals surface area contributed by atoms with E-state index in [0.29, 0.717) is 0 Å². The summed E-state index contributed by atoms with van der Waals surface area (Å²) in [7, 11) is 0. The summed E-state index contributed by atoms with van der Waals surface area (Å²) in [5, 5.41) is 0. The van der Waals surface area contributed by atoms with Crippen LogP contribution in [-0.2, 0) is 4.74 Å². The highest BCUT2D eigenvalue weighted by molar-refractivity contribution is 4.94. The Morgan fingerprint density at radius 2 is 2.33 bits per heavy atom. The van der Waals surface area contributed by atoms with Gasteiger partial charge in [-0.05, 0) is 0 Å². The topological polar surface area (TPSA) is 9.23 Å². The van der Waals surface area contributed by atoms with Gasteiger partial charge in [-0.2, -0.15) is 0 Å². The maximum atomic E-state index is 4.32. The van der Waals surface area contributed by atoms with Gasteiger partial charge in [0.2, 0.25) is 0 Å². The highest BCUT2D eigenvalue weighted by atomic mass is 16.5. The predicted molar refractivity (Wildman–Crippen MR) is 24.4 cm³/mol. The van der Waals surface area contributed by atoms with Gasteiger partial charge in [0, 0.05) is 6.92 Å². The molecule has 0 aromatic rings. The number of rotatable bonds is 1. The molecule has 1 heteroatoms. The van der Waals surface area contributed by atoms with Gasteiger partial charge < -0.3 is 4.74 Å². The maximum Gasteiger partial charge on any atom is 0.115 e. The number of hydrogen-bond donors (Lipinski definition) is 0. The normalized spacial score (nSPS) is 4.83. The van der Waals surface area contributed by atoms with E-state index in [9.17, 15) is 0 Å². The van der Waals surface area contributed by atoms with Gasteiger partial charge >= 0.3 is 0 Å². The lowest BCUT2D eigenvalue weighted by molar-refractivity contribution is 0.442. The third-order valence-electron chi connectivity index (χ3n) is 0.214. The zero-order valence-corrected chi connectivity index (χ0v) is 3.40. The summed E-state index contributed by atoms with van der Waals surface area (Å²) in [6, 6.07) is 0. The number of ether oxygens (including phenoxy) is 1. The van der Waals surface area contributed by atoms with Gasteiger partial charge in [-0.15, -0.1) is 0 Å². The molecule has 0 aliphatic heterocycles. The van der Waals surface area contributed by atoms with Crippen LogP contribution in [0.25, 0.3) is 0 Å². The first-order valence-corrected chi connectivity index (χ1v) is 1.45. The molecule has 0 aliphatic rings. The molecule has 0 heterocycles. The van der Waals surface area contributed by atoms with Crippen molar-refractivity contribution in [1.29, 1.82) is 0 Å². The van der Waals surface area contributed by atoms with Crippen molar-refractivity contribution in [3.63, 3.8) is 0 Å². The van der Waals surface area contributed by atoms with Crippen molar-refractivity contribution in [2.45, 2.75) is 0 Å². The molecule has 1 nitrogen and oxygen atoms in total. The van der Waals surface area contributed by atoms with Gasteiger partial charge in [-0.3, -0.25) is 0 Å². The van der Waals surface area contributed by atoms with Crippen molar-refractivity contribution < 1.29 is 4.74 Å². The molecule has 0 aromatic carbocycles. The molecule has 0 N–H and O–H groups in total. The smallest absolute Gasteiger partial charge is 0.115 e. The molecule has 0 saturated carbocycles. The van der Waals surface area contributed by atoms with Gasteiger partial charge in [-0.1, -0.05) is 12.5 Å². The van der Waals surface area contributed by atoms with Gasteiger partial charge in [0.25, 0.3) is 0 Å². The van der Waals surface area contributed by atoms with Crippen molar-refractivity contribution in [3.8, 4) is 12.0 Å². The van der Waals surface area contributed by atoms with E-state index in [1.807, 2.05) is 0 Å². The Bertz CT molecular complexity index is 83.8. The third kappa shape index (κ3) is 3.10. The van der Waals surface area contributed by atoms with Crippen LogP contribution in [0.3, 0.4) is 0 Å². The Morgan fingerprint density at radius 3 is 2.50 bits per heavy atom. The van der Waals surface area contributed by atoms with E-state index in [0.717, 1.165) is 0 Å². The molecule has 0 aromatic heterocycles. The fraction of sp³-hybridized carbons (Fsp3) is 0. The van der Waals surface area contributed by atoms with Crippen molar-refractivity contribution in [1.82, 2.24) is 0 Å². The Morgan fingerprint density at radius 1 is 1.67 bits per heavy atom. The Balaban J connectivity index is 3.00. The van der Waals surface area contributed by atoms with Crippen LogP contribution in [0.5, 0.6) is 0 Å². The second-order valence-electron chi connectivity index (χ2n) is 0.563. The van der Waals surface area contributed by atoms with E-state index >= 15 is 0 Å². The van der Waals surface area contributed by atoms with E-state index < -0.39 is 0 Å². The predicted octanol–water partition coefficient (Wildman–Crippen LogP) is 0.941. The van der Waals surface area contributed by atoms with Crippen LogP contribution in [0.1, 0.15) is 0 Å².